The molecule has 1 aliphatic rings. The lowest BCUT2D eigenvalue weighted by Crippen LogP contribution is -2.49. The molecule has 5 heteroatoms. The highest BCUT2D eigenvalue weighted by molar-refractivity contribution is 5.66. The summed E-state index contributed by atoms with van der Waals surface area (Å²) >= 11 is 0. The summed E-state index contributed by atoms with van der Waals surface area (Å²) < 4.78 is 5.35. The van der Waals surface area contributed by atoms with Gasteiger partial charge in [0.15, 0.2) is 0 Å². The zero-order valence-electron chi connectivity index (χ0n) is 14.1. The normalized spacial score (nSPS) is 20.0. The number of ether oxygens (including phenoxy) is 1. The van der Waals surface area contributed by atoms with Crippen molar-refractivity contribution in [3.63, 3.8) is 0 Å². The Hall–Kier alpha value is -1.30. The molecule has 22 heavy (non-hydrogen) atoms. The lowest BCUT2D eigenvalue weighted by Gasteiger charge is -2.46. The smallest absolute Gasteiger partial charge is 0.0982 e. The van der Waals surface area contributed by atoms with Gasteiger partial charge >= 0.3 is 0 Å². The summed E-state index contributed by atoms with van der Waals surface area (Å²) in [5.74, 6) is 0.0830. The maximum absolute atomic E-state index is 9.74. The number of aliphatic hydroxyl groups excluding tert-OH is 1. The molecule has 1 unspecified atom stereocenters. The van der Waals surface area contributed by atoms with Gasteiger partial charge in [-0.1, -0.05) is 0 Å². The second-order valence-electron chi connectivity index (χ2n) is 6.49. The van der Waals surface area contributed by atoms with E-state index in [1.165, 1.54) is 0 Å². The third kappa shape index (κ3) is 3.37. The van der Waals surface area contributed by atoms with Crippen molar-refractivity contribution in [1.29, 1.82) is 0 Å². The molecule has 1 atom stereocenters. The lowest BCUT2D eigenvalue weighted by atomic mass is 9.80. The minimum absolute atomic E-state index is 0.0830. The van der Waals surface area contributed by atoms with Crippen LogP contribution >= 0.6 is 0 Å². The molecule has 1 aliphatic heterocycles. The van der Waals surface area contributed by atoms with Crippen molar-refractivity contribution in [3.05, 3.63) is 23.3 Å². The van der Waals surface area contributed by atoms with Gasteiger partial charge in [-0.15, -0.1) is 0 Å². The van der Waals surface area contributed by atoms with E-state index < -0.39 is 0 Å². The number of anilines is 2. The van der Waals surface area contributed by atoms with Gasteiger partial charge in [0.1, 0.15) is 0 Å². The Morgan fingerprint density at radius 3 is 2.73 bits per heavy atom. The molecule has 5 nitrogen and oxygen atoms in total. The molecule has 0 saturated heterocycles. The molecule has 3 N–H and O–H groups in total. The molecule has 0 radical (unpaired) electrons. The molecular formula is C17H28N2O3. The zero-order valence-corrected chi connectivity index (χ0v) is 14.1. The molecule has 0 aromatic heterocycles. The quantitative estimate of drug-likeness (QED) is 0.624. The standard InChI is InChI=1S/C17H28N2O3/c1-5-21-6-7-22-19-16-8-12(2)15(18)9-14(16)13(11-20)10-17(19,3)4/h8-9,13,20H,5-7,10-11,18H2,1-4H3. The van der Waals surface area contributed by atoms with Crippen LogP contribution in [-0.4, -0.2) is 37.1 Å². The molecule has 1 aromatic rings. The van der Waals surface area contributed by atoms with Crippen LogP contribution in [0.4, 0.5) is 11.4 Å². The Labute approximate surface area is 133 Å². The van der Waals surface area contributed by atoms with Crippen molar-refractivity contribution in [2.75, 3.05) is 37.2 Å². The van der Waals surface area contributed by atoms with Crippen LogP contribution in [0.15, 0.2) is 12.1 Å². The third-order valence-corrected chi connectivity index (χ3v) is 4.24. The Balaban J connectivity index is 2.33. The van der Waals surface area contributed by atoms with Crippen LogP contribution < -0.4 is 10.8 Å². The van der Waals surface area contributed by atoms with E-state index in [1.54, 1.807) is 0 Å². The monoisotopic (exact) mass is 308 g/mol. The summed E-state index contributed by atoms with van der Waals surface area (Å²) in [6.45, 7) is 10.1. The van der Waals surface area contributed by atoms with Gasteiger partial charge < -0.3 is 15.6 Å². The number of hydroxylamine groups is 1. The molecule has 0 bridgehead atoms. The zero-order chi connectivity index (χ0) is 16.3. The fourth-order valence-corrected chi connectivity index (χ4v) is 3.09. The highest BCUT2D eigenvalue weighted by atomic mass is 16.7. The van der Waals surface area contributed by atoms with Gasteiger partial charge in [0, 0.05) is 18.2 Å². The van der Waals surface area contributed by atoms with Gasteiger partial charge in [0.05, 0.1) is 31.0 Å². The molecule has 0 fully saturated rings. The van der Waals surface area contributed by atoms with E-state index in [0.29, 0.717) is 19.8 Å². The summed E-state index contributed by atoms with van der Waals surface area (Å²) in [7, 11) is 0. The van der Waals surface area contributed by atoms with Crippen molar-refractivity contribution in [2.24, 2.45) is 0 Å². The van der Waals surface area contributed by atoms with E-state index in [1.807, 2.05) is 25.0 Å². The largest absolute Gasteiger partial charge is 0.399 e. The van der Waals surface area contributed by atoms with Crippen LogP contribution in [0.3, 0.4) is 0 Å². The number of nitrogens with two attached hydrogens (primary N) is 1. The van der Waals surface area contributed by atoms with Gasteiger partial charge in [0.2, 0.25) is 0 Å². The topological polar surface area (TPSA) is 68.0 Å². The average Bonchev–Trinajstić information content (AvgIpc) is 2.46. The molecule has 2 rings (SSSR count). The van der Waals surface area contributed by atoms with Crippen molar-refractivity contribution < 1.29 is 14.7 Å². The summed E-state index contributed by atoms with van der Waals surface area (Å²) in [6.07, 6.45) is 0.813. The van der Waals surface area contributed by atoms with E-state index in [4.69, 9.17) is 15.3 Å². The summed E-state index contributed by atoms with van der Waals surface area (Å²) in [5, 5.41) is 11.7. The van der Waals surface area contributed by atoms with Crippen molar-refractivity contribution in [3.8, 4) is 0 Å². The van der Waals surface area contributed by atoms with E-state index in [9.17, 15) is 5.11 Å². The molecule has 1 heterocycles. The highest BCUT2D eigenvalue weighted by Crippen LogP contribution is 2.44. The number of aryl methyl sites for hydroxylation is 1. The van der Waals surface area contributed by atoms with E-state index in [-0.39, 0.29) is 18.1 Å². The predicted octanol–water partition coefficient (Wildman–Crippen LogP) is 2.61. The first kappa shape index (κ1) is 17.1. The first-order chi connectivity index (χ1) is 10.4. The van der Waals surface area contributed by atoms with Crippen LogP contribution in [0, 0.1) is 6.92 Å². The Morgan fingerprint density at radius 1 is 1.36 bits per heavy atom. The average molecular weight is 308 g/mol. The molecule has 0 saturated carbocycles. The fourth-order valence-electron chi connectivity index (χ4n) is 3.09. The Kier molecular flexibility index (Phi) is 5.32. The van der Waals surface area contributed by atoms with Crippen molar-refractivity contribution in [1.82, 2.24) is 0 Å². The summed E-state index contributed by atoms with van der Waals surface area (Å²) in [6, 6.07) is 4.02. The number of nitrogen functional groups attached to an aromatic ring is 1. The van der Waals surface area contributed by atoms with E-state index in [0.717, 1.165) is 28.9 Å². The Morgan fingerprint density at radius 2 is 2.09 bits per heavy atom. The molecule has 124 valence electrons. The molecule has 0 amide bonds. The number of aliphatic hydroxyl groups is 1. The van der Waals surface area contributed by atoms with Crippen LogP contribution in [-0.2, 0) is 9.57 Å². The Bertz CT molecular complexity index is 517. The molecular weight excluding hydrogens is 280 g/mol. The number of rotatable bonds is 6. The number of hydrogen-bond acceptors (Lipinski definition) is 5. The second-order valence-corrected chi connectivity index (χ2v) is 6.49. The van der Waals surface area contributed by atoms with Gasteiger partial charge in [0.25, 0.3) is 0 Å². The van der Waals surface area contributed by atoms with Gasteiger partial charge in [-0.05, 0) is 57.4 Å². The minimum atomic E-state index is -0.199. The first-order valence-corrected chi connectivity index (χ1v) is 7.92. The number of nitrogens with zero attached hydrogens (tertiary/aromatic N) is 1. The van der Waals surface area contributed by atoms with Crippen LogP contribution in [0.25, 0.3) is 0 Å². The summed E-state index contributed by atoms with van der Waals surface area (Å²) in [5.41, 5.74) is 9.68. The maximum Gasteiger partial charge on any atom is 0.0982 e. The van der Waals surface area contributed by atoms with E-state index in [2.05, 4.69) is 19.9 Å². The van der Waals surface area contributed by atoms with Crippen LogP contribution in [0.5, 0.6) is 0 Å². The fraction of sp³-hybridized carbons (Fsp3) is 0.647. The highest BCUT2D eigenvalue weighted by Gasteiger charge is 2.39. The SMILES string of the molecule is CCOCCON1c2cc(C)c(N)cc2C(CO)CC1(C)C. The summed E-state index contributed by atoms with van der Waals surface area (Å²) in [4.78, 5) is 6.00. The predicted molar refractivity (Wildman–Crippen MR) is 89.0 cm³/mol. The third-order valence-electron chi connectivity index (χ3n) is 4.24. The van der Waals surface area contributed by atoms with Crippen molar-refractivity contribution in [2.45, 2.75) is 45.6 Å². The van der Waals surface area contributed by atoms with Gasteiger partial charge in [-0.25, -0.2) is 5.06 Å². The van der Waals surface area contributed by atoms with Gasteiger partial charge in [-0.3, -0.25) is 4.84 Å². The minimum Gasteiger partial charge on any atom is -0.399 e. The van der Waals surface area contributed by atoms with Gasteiger partial charge in [-0.2, -0.15) is 0 Å². The molecule has 1 aromatic carbocycles. The lowest BCUT2D eigenvalue weighted by molar-refractivity contribution is 0.00612. The maximum atomic E-state index is 9.74. The van der Waals surface area contributed by atoms with E-state index >= 15 is 0 Å². The first-order valence-electron chi connectivity index (χ1n) is 7.92. The molecule has 0 spiro atoms. The van der Waals surface area contributed by atoms with Crippen LogP contribution in [0.1, 0.15) is 44.2 Å². The van der Waals surface area contributed by atoms with Crippen molar-refractivity contribution >= 4 is 11.4 Å². The number of fused-ring (bicyclic) bond motifs is 1. The second kappa shape index (κ2) is 6.86. The molecule has 0 aliphatic carbocycles. The van der Waals surface area contributed by atoms with Crippen LogP contribution in [0.2, 0.25) is 0 Å². The number of hydrogen-bond donors (Lipinski definition) is 2. The number of benzene rings is 1.